The largest absolute Gasteiger partial charge is 0.377 e. The Kier molecular flexibility index (Phi) is 1.88. The fourth-order valence-electron chi connectivity index (χ4n) is 5.25. The number of hydrogen-bond acceptors (Lipinski definition) is 1. The van der Waals surface area contributed by atoms with Crippen LogP contribution in [-0.2, 0) is 0 Å². The first-order valence-electron chi connectivity index (χ1n) is 9.01. The number of H-pyrrole nitrogens is 1. The third-order valence-corrected chi connectivity index (χ3v) is 6.33. The van der Waals surface area contributed by atoms with Crippen LogP contribution in [0, 0.1) is 5.92 Å². The van der Waals surface area contributed by atoms with Crippen LogP contribution in [0.4, 0.5) is 5.69 Å². The Labute approximate surface area is 144 Å². The number of anilines is 1. The molecule has 2 N–H and O–H groups in total. The van der Waals surface area contributed by atoms with Crippen molar-refractivity contribution < 1.29 is 0 Å². The summed E-state index contributed by atoms with van der Waals surface area (Å²) in [6, 6.07) is 16.1. The fraction of sp³-hybridized carbons (Fsp3) is 0.130. The molecule has 0 fully saturated rings. The minimum atomic E-state index is 0.374. The Morgan fingerprint density at radius 1 is 0.880 bits per heavy atom. The van der Waals surface area contributed by atoms with Gasteiger partial charge in [-0.1, -0.05) is 43.3 Å². The highest BCUT2D eigenvalue weighted by Crippen LogP contribution is 2.53. The van der Waals surface area contributed by atoms with Crippen molar-refractivity contribution in [1.29, 1.82) is 0 Å². The summed E-state index contributed by atoms with van der Waals surface area (Å²) in [5, 5.41) is 9.32. The first kappa shape index (κ1) is 12.4. The lowest BCUT2D eigenvalue weighted by Gasteiger charge is -2.25. The number of rotatable bonds is 0. The van der Waals surface area contributed by atoms with Crippen molar-refractivity contribution in [2.45, 2.75) is 13.0 Å². The number of fused-ring (bicyclic) bond motifs is 1. The molecule has 0 radical (unpaired) electrons. The maximum atomic E-state index is 3.81. The van der Waals surface area contributed by atoms with Gasteiger partial charge in [0, 0.05) is 38.4 Å². The second-order valence-electron chi connectivity index (χ2n) is 7.60. The van der Waals surface area contributed by atoms with Crippen LogP contribution in [0.1, 0.15) is 18.1 Å². The SMILES string of the molecule is CC1C=CC2=C3c4c(ccc5ccc6[nH]c7cccc2c7c6c45)NC31. The lowest BCUT2D eigenvalue weighted by Crippen LogP contribution is -2.25. The average molecular weight is 320 g/mol. The molecule has 2 unspecified atom stereocenters. The van der Waals surface area contributed by atoms with E-state index in [1.54, 1.807) is 0 Å². The summed E-state index contributed by atoms with van der Waals surface area (Å²) in [5.74, 6) is 0.499. The van der Waals surface area contributed by atoms with Gasteiger partial charge in [0.25, 0.3) is 0 Å². The van der Waals surface area contributed by atoms with Gasteiger partial charge in [-0.3, -0.25) is 0 Å². The van der Waals surface area contributed by atoms with Crippen molar-refractivity contribution >= 4 is 49.4 Å². The van der Waals surface area contributed by atoms with E-state index < -0.39 is 0 Å². The number of aromatic nitrogens is 1. The van der Waals surface area contributed by atoms with Gasteiger partial charge in [0.2, 0.25) is 0 Å². The molecule has 0 saturated heterocycles. The molecular weight excluding hydrogens is 304 g/mol. The molecule has 1 aliphatic heterocycles. The summed E-state index contributed by atoms with van der Waals surface area (Å²) < 4.78 is 0. The number of aromatic amines is 1. The lowest BCUT2D eigenvalue weighted by atomic mass is 9.82. The van der Waals surface area contributed by atoms with Crippen LogP contribution < -0.4 is 5.32 Å². The zero-order valence-corrected chi connectivity index (χ0v) is 13.9. The molecule has 2 atom stereocenters. The van der Waals surface area contributed by atoms with Crippen molar-refractivity contribution in [2.24, 2.45) is 5.92 Å². The Morgan fingerprint density at radius 2 is 1.76 bits per heavy atom. The average Bonchev–Trinajstić information content (AvgIpc) is 3.17. The molecule has 0 spiro atoms. The Hall–Kier alpha value is -3.00. The highest BCUT2D eigenvalue weighted by molar-refractivity contribution is 6.31. The van der Waals surface area contributed by atoms with Crippen LogP contribution in [0.3, 0.4) is 0 Å². The zero-order chi connectivity index (χ0) is 16.3. The maximum Gasteiger partial charge on any atom is 0.0587 e. The van der Waals surface area contributed by atoms with Crippen LogP contribution in [0.5, 0.6) is 0 Å². The van der Waals surface area contributed by atoms with E-state index in [0.717, 1.165) is 0 Å². The molecule has 2 nitrogen and oxygen atoms in total. The minimum absolute atomic E-state index is 0.374. The summed E-state index contributed by atoms with van der Waals surface area (Å²) in [5.41, 5.74) is 9.44. The highest BCUT2D eigenvalue weighted by Gasteiger charge is 2.37. The van der Waals surface area contributed by atoms with E-state index in [-0.39, 0.29) is 0 Å². The molecule has 7 rings (SSSR count). The van der Waals surface area contributed by atoms with E-state index in [2.05, 4.69) is 71.8 Å². The summed E-state index contributed by atoms with van der Waals surface area (Å²) in [7, 11) is 0. The standard InChI is InChI=1S/C23H16N2/c1-11-5-8-14-13-3-2-4-15-19(13)21-16(24-15)9-6-12-7-10-17-22(18(12)21)20(14)23(11)25-17/h2-11,23-25H,1H3. The normalized spacial score (nSPS) is 22.6. The van der Waals surface area contributed by atoms with Gasteiger partial charge in [-0.25, -0.2) is 0 Å². The van der Waals surface area contributed by atoms with Crippen LogP contribution in [0.2, 0.25) is 0 Å². The summed E-state index contributed by atoms with van der Waals surface area (Å²) in [6.07, 6.45) is 4.71. The van der Waals surface area contributed by atoms with E-state index in [1.807, 2.05) is 0 Å². The van der Waals surface area contributed by atoms with Gasteiger partial charge in [-0.05, 0) is 46.2 Å². The van der Waals surface area contributed by atoms with Gasteiger partial charge in [0.05, 0.1) is 6.04 Å². The maximum absolute atomic E-state index is 3.81. The lowest BCUT2D eigenvalue weighted by molar-refractivity contribution is 0.686. The van der Waals surface area contributed by atoms with Crippen molar-refractivity contribution in [3.8, 4) is 0 Å². The molecule has 4 aromatic rings. The fourth-order valence-corrected chi connectivity index (χ4v) is 5.25. The quantitative estimate of drug-likeness (QED) is 0.427. The van der Waals surface area contributed by atoms with Gasteiger partial charge in [-0.15, -0.1) is 0 Å². The molecule has 118 valence electrons. The smallest absolute Gasteiger partial charge is 0.0587 e. The second-order valence-corrected chi connectivity index (χ2v) is 7.60. The molecule has 1 aromatic heterocycles. The third-order valence-electron chi connectivity index (χ3n) is 6.33. The number of hydrogen-bond donors (Lipinski definition) is 2. The summed E-state index contributed by atoms with van der Waals surface area (Å²) in [6.45, 7) is 2.31. The van der Waals surface area contributed by atoms with Crippen molar-refractivity contribution in [2.75, 3.05) is 5.32 Å². The molecule has 2 heteroatoms. The van der Waals surface area contributed by atoms with Gasteiger partial charge < -0.3 is 10.3 Å². The first-order chi connectivity index (χ1) is 12.3. The third kappa shape index (κ3) is 1.25. The topological polar surface area (TPSA) is 27.8 Å². The Balaban J connectivity index is 1.88. The van der Waals surface area contributed by atoms with Crippen molar-refractivity contribution in [3.63, 3.8) is 0 Å². The molecule has 25 heavy (non-hydrogen) atoms. The van der Waals surface area contributed by atoms with E-state index in [0.29, 0.717) is 12.0 Å². The molecule has 0 amide bonds. The summed E-state index contributed by atoms with van der Waals surface area (Å²) >= 11 is 0. The van der Waals surface area contributed by atoms with Gasteiger partial charge in [0.1, 0.15) is 0 Å². The van der Waals surface area contributed by atoms with E-state index in [9.17, 15) is 0 Å². The predicted octanol–water partition coefficient (Wildman–Crippen LogP) is 5.70. The molecule has 2 aliphatic carbocycles. The van der Waals surface area contributed by atoms with E-state index in [1.165, 1.54) is 60.5 Å². The van der Waals surface area contributed by atoms with E-state index >= 15 is 0 Å². The number of allylic oxidation sites excluding steroid dienone is 2. The zero-order valence-electron chi connectivity index (χ0n) is 13.9. The molecule has 3 aromatic carbocycles. The Morgan fingerprint density at radius 3 is 2.72 bits per heavy atom. The van der Waals surface area contributed by atoms with Crippen LogP contribution in [0.15, 0.2) is 54.6 Å². The summed E-state index contributed by atoms with van der Waals surface area (Å²) in [4.78, 5) is 3.64. The number of benzene rings is 3. The monoisotopic (exact) mass is 320 g/mol. The molecule has 2 heterocycles. The second kappa shape index (κ2) is 3.80. The molecule has 0 bridgehead atoms. The van der Waals surface area contributed by atoms with Crippen LogP contribution in [-0.4, -0.2) is 11.0 Å². The van der Waals surface area contributed by atoms with Crippen LogP contribution >= 0.6 is 0 Å². The van der Waals surface area contributed by atoms with Crippen molar-refractivity contribution in [1.82, 2.24) is 4.98 Å². The molecular formula is C23H16N2. The highest BCUT2D eigenvalue weighted by atomic mass is 15.0. The van der Waals surface area contributed by atoms with Crippen LogP contribution in [0.25, 0.3) is 43.7 Å². The van der Waals surface area contributed by atoms with Gasteiger partial charge >= 0.3 is 0 Å². The minimum Gasteiger partial charge on any atom is -0.377 e. The Bertz CT molecular complexity index is 1330. The number of nitrogens with one attached hydrogen (secondary N) is 2. The van der Waals surface area contributed by atoms with Gasteiger partial charge in [0.15, 0.2) is 0 Å². The molecule has 0 saturated carbocycles. The van der Waals surface area contributed by atoms with Crippen molar-refractivity contribution in [3.05, 3.63) is 65.7 Å². The molecule has 3 aliphatic rings. The van der Waals surface area contributed by atoms with E-state index in [4.69, 9.17) is 0 Å². The van der Waals surface area contributed by atoms with Gasteiger partial charge in [-0.2, -0.15) is 0 Å². The predicted molar refractivity (Wildman–Crippen MR) is 106 cm³/mol. The first-order valence-corrected chi connectivity index (χ1v) is 9.01.